The minimum absolute atomic E-state index is 0.0971. The molecule has 2 unspecified atom stereocenters. The van der Waals surface area contributed by atoms with E-state index in [0.29, 0.717) is 0 Å². The van der Waals surface area contributed by atoms with E-state index in [1.54, 1.807) is 0 Å². The average Bonchev–Trinajstić information content (AvgIpc) is 3.05. The lowest BCUT2D eigenvalue weighted by atomic mass is 9.98. The fourth-order valence-corrected chi connectivity index (χ4v) is 5.97. The van der Waals surface area contributed by atoms with Crippen LogP contribution in [0.5, 0.6) is 0 Å². The molecule has 0 spiro atoms. The lowest BCUT2D eigenvalue weighted by Gasteiger charge is -2.23. The Morgan fingerprint density at radius 1 is 0.511 bits per heavy atom. The van der Waals surface area contributed by atoms with Crippen molar-refractivity contribution < 1.29 is 23.9 Å². The van der Waals surface area contributed by atoms with Gasteiger partial charge in [0.2, 0.25) is 5.91 Å². The number of nitrogens with two attached hydrogens (primary N) is 1. The predicted molar refractivity (Wildman–Crippen MR) is 188 cm³/mol. The molecule has 0 saturated heterocycles. The lowest BCUT2D eigenvalue weighted by Crippen LogP contribution is -2.41. The van der Waals surface area contributed by atoms with Gasteiger partial charge in [0, 0.05) is 0 Å². The number of nitrogens with zero attached hydrogens (tertiary/aromatic N) is 1. The first-order valence-electron chi connectivity index (χ1n) is 19.3. The van der Waals surface area contributed by atoms with E-state index in [9.17, 15) is 14.4 Å². The van der Waals surface area contributed by atoms with Crippen LogP contribution in [0.2, 0.25) is 0 Å². The Bertz CT molecular complexity index is 652. The van der Waals surface area contributed by atoms with Crippen LogP contribution in [0.15, 0.2) is 0 Å². The fourth-order valence-electron chi connectivity index (χ4n) is 5.97. The van der Waals surface area contributed by atoms with Crippen LogP contribution in [0.1, 0.15) is 182 Å². The third-order valence-electron chi connectivity index (χ3n) is 9.20. The molecule has 0 aromatic carbocycles. The fraction of sp³-hybridized carbons (Fsp3) is 0.921. The van der Waals surface area contributed by atoms with Crippen molar-refractivity contribution in [2.24, 2.45) is 17.6 Å². The van der Waals surface area contributed by atoms with Crippen molar-refractivity contribution in [1.82, 2.24) is 4.90 Å². The van der Waals surface area contributed by atoms with Gasteiger partial charge in [-0.25, -0.2) is 0 Å². The summed E-state index contributed by atoms with van der Waals surface area (Å²) in [6, 6.07) is 0. The summed E-state index contributed by atoms with van der Waals surface area (Å²) < 4.78 is 11.1. The molecule has 0 bridgehead atoms. The van der Waals surface area contributed by atoms with Gasteiger partial charge in [-0.3, -0.25) is 14.4 Å². The third-order valence-corrected chi connectivity index (χ3v) is 9.20. The van der Waals surface area contributed by atoms with Gasteiger partial charge >= 0.3 is 11.9 Å². The number of unbranched alkanes of at least 4 members (excludes halogenated alkanes) is 18. The molecule has 0 fully saturated rings. The largest absolute Gasteiger partial charge is 0.464 e. The van der Waals surface area contributed by atoms with E-state index in [1.165, 1.54) is 108 Å². The number of amides is 1. The molecule has 7 heteroatoms. The molecule has 2 atom stereocenters. The normalized spacial score (nSPS) is 12.6. The van der Waals surface area contributed by atoms with E-state index in [1.807, 2.05) is 13.8 Å². The van der Waals surface area contributed by atoms with Crippen LogP contribution in [0.25, 0.3) is 0 Å². The number of hydrogen-bond acceptors (Lipinski definition) is 6. The summed E-state index contributed by atoms with van der Waals surface area (Å²) in [5, 5.41) is 0. The zero-order chi connectivity index (χ0) is 33.4. The smallest absolute Gasteiger partial charge is 0.308 e. The van der Waals surface area contributed by atoms with E-state index < -0.39 is 0 Å². The molecular formula is C38H74N2O5. The molecule has 1 amide bonds. The number of rotatable bonds is 33. The molecule has 45 heavy (non-hydrogen) atoms. The van der Waals surface area contributed by atoms with Crippen LogP contribution in [-0.4, -0.2) is 55.6 Å². The Hall–Kier alpha value is -1.63. The van der Waals surface area contributed by atoms with Crippen molar-refractivity contribution in [1.29, 1.82) is 0 Å². The first kappa shape index (κ1) is 43.4. The SMILES string of the molecule is CCCCCCCCCCCCC(CC)C(=O)OCCN(CCOC(=O)C(CC)CCCCCCCCCCCC)C(=O)CN. The van der Waals surface area contributed by atoms with Crippen LogP contribution in [0, 0.1) is 11.8 Å². The van der Waals surface area contributed by atoms with Gasteiger partial charge in [0.05, 0.1) is 31.5 Å². The Kier molecular flexibility index (Phi) is 31.1. The highest BCUT2D eigenvalue weighted by Gasteiger charge is 2.21. The molecule has 0 saturated carbocycles. The molecule has 0 aromatic rings. The molecule has 0 heterocycles. The van der Waals surface area contributed by atoms with Gasteiger partial charge in [0.1, 0.15) is 13.2 Å². The lowest BCUT2D eigenvalue weighted by molar-refractivity contribution is -0.152. The summed E-state index contributed by atoms with van der Waals surface area (Å²) in [7, 11) is 0. The quantitative estimate of drug-likeness (QED) is 0.0568. The molecule has 2 N–H and O–H groups in total. The standard InChI is InChI=1S/C38H74N2O5/c1-5-9-11-13-15-17-19-21-23-25-27-34(7-3)37(42)44-31-29-40(36(41)33-39)30-32-45-38(43)35(8-4)28-26-24-22-20-18-16-14-12-10-6-2/h34-35H,5-33,39H2,1-4H3. The topological polar surface area (TPSA) is 98.9 Å². The molecule has 0 rings (SSSR count). The summed E-state index contributed by atoms with van der Waals surface area (Å²) in [5.74, 6) is -0.798. The zero-order valence-corrected chi connectivity index (χ0v) is 30.2. The van der Waals surface area contributed by atoms with Gasteiger partial charge in [-0.15, -0.1) is 0 Å². The van der Waals surface area contributed by atoms with Crippen LogP contribution < -0.4 is 5.73 Å². The summed E-state index contributed by atoms with van der Waals surface area (Å²) in [4.78, 5) is 39.3. The van der Waals surface area contributed by atoms with E-state index in [2.05, 4.69) is 13.8 Å². The number of ether oxygens (including phenoxy) is 2. The van der Waals surface area contributed by atoms with Crippen molar-refractivity contribution >= 4 is 17.8 Å². The maximum absolute atomic E-state index is 12.7. The molecule has 0 aliphatic heterocycles. The average molecular weight is 639 g/mol. The van der Waals surface area contributed by atoms with E-state index in [4.69, 9.17) is 15.2 Å². The number of hydrogen-bond donors (Lipinski definition) is 1. The van der Waals surface area contributed by atoms with Crippen molar-refractivity contribution in [3.63, 3.8) is 0 Å². The van der Waals surface area contributed by atoms with Gasteiger partial charge in [0.25, 0.3) is 0 Å². The second kappa shape index (κ2) is 32.3. The molecule has 0 aliphatic carbocycles. The number of carbonyl (C=O) groups is 3. The summed E-state index contributed by atoms with van der Waals surface area (Å²) in [5.41, 5.74) is 5.62. The van der Waals surface area contributed by atoms with Gasteiger partial charge in [-0.2, -0.15) is 0 Å². The second-order valence-electron chi connectivity index (χ2n) is 13.1. The van der Waals surface area contributed by atoms with Crippen molar-refractivity contribution in [3.05, 3.63) is 0 Å². The number of esters is 2. The first-order chi connectivity index (χ1) is 21.9. The molecule has 266 valence electrons. The minimum Gasteiger partial charge on any atom is -0.464 e. The second-order valence-corrected chi connectivity index (χ2v) is 13.1. The minimum atomic E-state index is -0.239. The van der Waals surface area contributed by atoms with Crippen molar-refractivity contribution in [2.45, 2.75) is 182 Å². The monoisotopic (exact) mass is 639 g/mol. The Labute approximate surface area is 278 Å². The molecule has 7 nitrogen and oxygen atoms in total. The van der Waals surface area contributed by atoms with Crippen LogP contribution in [-0.2, 0) is 23.9 Å². The highest BCUT2D eigenvalue weighted by atomic mass is 16.5. The third kappa shape index (κ3) is 25.2. The maximum atomic E-state index is 12.7. The zero-order valence-electron chi connectivity index (χ0n) is 30.2. The van der Waals surface area contributed by atoms with Gasteiger partial charge < -0.3 is 20.1 Å². The highest BCUT2D eigenvalue weighted by Crippen LogP contribution is 2.19. The molecule has 0 aromatic heterocycles. The summed E-state index contributed by atoms with van der Waals surface area (Å²) in [6.07, 6.45) is 28.7. The van der Waals surface area contributed by atoms with Crippen LogP contribution in [0.3, 0.4) is 0 Å². The van der Waals surface area contributed by atoms with Crippen LogP contribution >= 0.6 is 0 Å². The van der Waals surface area contributed by atoms with Gasteiger partial charge in [-0.05, 0) is 25.7 Å². The van der Waals surface area contributed by atoms with Crippen molar-refractivity contribution in [2.75, 3.05) is 32.8 Å². The van der Waals surface area contributed by atoms with Crippen LogP contribution in [0.4, 0.5) is 0 Å². The summed E-state index contributed by atoms with van der Waals surface area (Å²) in [6.45, 7) is 9.19. The molecule has 0 aliphatic rings. The molecule has 0 radical (unpaired) electrons. The number of carbonyl (C=O) groups excluding carboxylic acids is 3. The first-order valence-corrected chi connectivity index (χ1v) is 19.3. The Morgan fingerprint density at radius 3 is 1.11 bits per heavy atom. The van der Waals surface area contributed by atoms with Gasteiger partial charge in [-0.1, -0.05) is 156 Å². The Morgan fingerprint density at radius 2 is 0.822 bits per heavy atom. The molecular weight excluding hydrogens is 564 g/mol. The maximum Gasteiger partial charge on any atom is 0.308 e. The predicted octanol–water partition coefficient (Wildman–Crippen LogP) is 9.53. The van der Waals surface area contributed by atoms with Gasteiger partial charge in [0.15, 0.2) is 0 Å². The summed E-state index contributed by atoms with van der Waals surface area (Å²) >= 11 is 0. The van der Waals surface area contributed by atoms with Crippen molar-refractivity contribution in [3.8, 4) is 0 Å². The Balaban J connectivity index is 4.22. The van der Waals surface area contributed by atoms with E-state index in [-0.39, 0.29) is 62.5 Å². The van der Waals surface area contributed by atoms with E-state index >= 15 is 0 Å². The highest BCUT2D eigenvalue weighted by molar-refractivity contribution is 5.78. The van der Waals surface area contributed by atoms with E-state index in [0.717, 1.165) is 51.4 Å².